The van der Waals surface area contributed by atoms with Crippen molar-refractivity contribution in [3.63, 3.8) is 0 Å². The molecular weight excluding hydrogens is 368 g/mol. The maximum atomic E-state index is 13.4. The Morgan fingerprint density at radius 2 is 1.83 bits per heavy atom. The molecule has 0 aromatic heterocycles. The van der Waals surface area contributed by atoms with Crippen LogP contribution >= 0.6 is 0 Å². The van der Waals surface area contributed by atoms with Gasteiger partial charge in [-0.2, -0.15) is 0 Å². The normalized spacial score (nSPS) is 22.9. The molecule has 2 aliphatic heterocycles. The molecule has 2 fully saturated rings. The molecule has 0 bridgehead atoms. The van der Waals surface area contributed by atoms with Gasteiger partial charge in [0.1, 0.15) is 5.75 Å². The Kier molecular flexibility index (Phi) is 7.53. The minimum Gasteiger partial charge on any atom is -0.497 e. The van der Waals surface area contributed by atoms with Crippen LogP contribution in [0.5, 0.6) is 5.75 Å². The Balaban J connectivity index is 1.79. The number of ether oxygens (including phenoxy) is 2. The maximum absolute atomic E-state index is 13.4. The van der Waals surface area contributed by atoms with E-state index in [0.717, 1.165) is 37.0 Å². The van der Waals surface area contributed by atoms with Crippen LogP contribution < -0.4 is 4.74 Å². The van der Waals surface area contributed by atoms with Crippen LogP contribution in [0.2, 0.25) is 0 Å². The molecular formula is C23H34N2O4. The number of carbonyl (C=O) groups is 2. The number of hydrogen-bond donors (Lipinski definition) is 0. The fraction of sp³-hybridized carbons (Fsp3) is 0.652. The first-order valence-electron chi connectivity index (χ1n) is 10.9. The van der Waals surface area contributed by atoms with Gasteiger partial charge >= 0.3 is 0 Å². The second kappa shape index (κ2) is 10.1. The van der Waals surface area contributed by atoms with Gasteiger partial charge in [-0.25, -0.2) is 0 Å². The zero-order chi connectivity index (χ0) is 20.8. The molecule has 0 spiro atoms. The molecule has 6 nitrogen and oxygen atoms in total. The number of methoxy groups -OCH3 is 1. The van der Waals surface area contributed by atoms with Crippen molar-refractivity contribution in [2.45, 2.75) is 58.1 Å². The molecule has 1 aromatic rings. The van der Waals surface area contributed by atoms with E-state index in [4.69, 9.17) is 9.47 Å². The highest BCUT2D eigenvalue weighted by Gasteiger charge is 2.45. The molecule has 2 atom stereocenters. The van der Waals surface area contributed by atoms with Crippen molar-refractivity contribution in [1.29, 1.82) is 0 Å². The van der Waals surface area contributed by atoms with Crippen LogP contribution in [0.15, 0.2) is 24.3 Å². The molecule has 0 N–H and O–H groups in total. The van der Waals surface area contributed by atoms with Gasteiger partial charge in [0.05, 0.1) is 25.2 Å². The van der Waals surface area contributed by atoms with Crippen molar-refractivity contribution < 1.29 is 19.1 Å². The summed E-state index contributed by atoms with van der Waals surface area (Å²) in [4.78, 5) is 30.1. The molecule has 29 heavy (non-hydrogen) atoms. The fourth-order valence-electron chi connectivity index (χ4n) is 4.53. The van der Waals surface area contributed by atoms with Gasteiger partial charge in [-0.3, -0.25) is 9.59 Å². The third-order valence-corrected chi connectivity index (χ3v) is 6.11. The highest BCUT2D eigenvalue weighted by molar-refractivity contribution is 5.90. The van der Waals surface area contributed by atoms with Crippen LogP contribution in [-0.2, 0) is 14.3 Å². The van der Waals surface area contributed by atoms with Gasteiger partial charge in [-0.1, -0.05) is 25.5 Å². The largest absolute Gasteiger partial charge is 0.497 e. The molecule has 3 rings (SSSR count). The van der Waals surface area contributed by atoms with Crippen LogP contribution in [0.3, 0.4) is 0 Å². The van der Waals surface area contributed by atoms with E-state index in [0.29, 0.717) is 32.7 Å². The number of rotatable bonds is 8. The third-order valence-electron chi connectivity index (χ3n) is 6.11. The minimum atomic E-state index is -0.323. The summed E-state index contributed by atoms with van der Waals surface area (Å²) in [6.07, 6.45) is 4.24. The van der Waals surface area contributed by atoms with Crippen LogP contribution in [0.25, 0.3) is 0 Å². The lowest BCUT2D eigenvalue weighted by Gasteiger charge is -2.35. The molecule has 2 aliphatic rings. The molecule has 1 aromatic carbocycles. The van der Waals surface area contributed by atoms with E-state index in [1.807, 2.05) is 41.0 Å². The molecule has 2 heterocycles. The predicted octanol–water partition coefficient (Wildman–Crippen LogP) is 3.41. The van der Waals surface area contributed by atoms with E-state index in [1.165, 1.54) is 0 Å². The summed E-state index contributed by atoms with van der Waals surface area (Å²) >= 11 is 0. The summed E-state index contributed by atoms with van der Waals surface area (Å²) in [7, 11) is 1.64. The second-order valence-corrected chi connectivity index (χ2v) is 7.95. The number of nitrogens with zero attached hydrogens (tertiary/aromatic N) is 2. The fourth-order valence-corrected chi connectivity index (χ4v) is 4.53. The summed E-state index contributed by atoms with van der Waals surface area (Å²) < 4.78 is 11.0. The topological polar surface area (TPSA) is 59.1 Å². The zero-order valence-electron chi connectivity index (χ0n) is 17.9. The Bertz CT molecular complexity index is 683. The summed E-state index contributed by atoms with van der Waals surface area (Å²) in [5, 5.41) is 0. The van der Waals surface area contributed by atoms with Crippen LogP contribution in [-0.4, -0.2) is 61.1 Å². The first-order chi connectivity index (χ1) is 14.1. The van der Waals surface area contributed by atoms with Gasteiger partial charge in [-0.05, 0) is 43.9 Å². The van der Waals surface area contributed by atoms with Crippen molar-refractivity contribution in [2.75, 3.05) is 33.4 Å². The van der Waals surface area contributed by atoms with Crippen molar-refractivity contribution in [1.82, 2.24) is 9.80 Å². The number of likely N-dealkylation sites (tertiary alicyclic amines) is 2. The summed E-state index contributed by atoms with van der Waals surface area (Å²) in [6, 6.07) is 7.60. The summed E-state index contributed by atoms with van der Waals surface area (Å²) in [5.41, 5.74) is 1.01. The van der Waals surface area contributed by atoms with E-state index in [2.05, 4.69) is 6.92 Å². The predicted molar refractivity (Wildman–Crippen MR) is 112 cm³/mol. The molecule has 0 radical (unpaired) electrons. The minimum absolute atomic E-state index is 0.0850. The zero-order valence-corrected chi connectivity index (χ0v) is 17.9. The lowest BCUT2D eigenvalue weighted by Crippen LogP contribution is -2.45. The molecule has 6 heteroatoms. The first kappa shape index (κ1) is 21.6. The molecule has 2 saturated heterocycles. The number of benzene rings is 1. The van der Waals surface area contributed by atoms with Gasteiger partial charge in [0.25, 0.3) is 0 Å². The Labute approximate surface area is 174 Å². The average molecular weight is 403 g/mol. The Morgan fingerprint density at radius 3 is 2.41 bits per heavy atom. The van der Waals surface area contributed by atoms with Crippen LogP contribution in [0, 0.1) is 5.92 Å². The number of unbranched alkanes of at least 4 members (excludes halogenated alkanes) is 1. The van der Waals surface area contributed by atoms with E-state index >= 15 is 0 Å². The van der Waals surface area contributed by atoms with Crippen molar-refractivity contribution in [2.24, 2.45) is 5.92 Å². The van der Waals surface area contributed by atoms with E-state index in [-0.39, 0.29) is 29.9 Å². The van der Waals surface area contributed by atoms with E-state index in [9.17, 15) is 9.59 Å². The van der Waals surface area contributed by atoms with E-state index in [1.54, 1.807) is 7.11 Å². The average Bonchev–Trinajstić information content (AvgIpc) is 3.08. The van der Waals surface area contributed by atoms with Crippen LogP contribution in [0.1, 0.15) is 57.6 Å². The highest BCUT2D eigenvalue weighted by Crippen LogP contribution is 2.40. The number of amides is 2. The Hall–Kier alpha value is -2.08. The lowest BCUT2D eigenvalue weighted by atomic mass is 9.91. The van der Waals surface area contributed by atoms with Gasteiger partial charge in [0.2, 0.25) is 11.8 Å². The van der Waals surface area contributed by atoms with Gasteiger partial charge in [-0.15, -0.1) is 0 Å². The SMILES string of the molecule is CCCCN1C(=O)CC(C(=O)N2CCC(OCC)CC2)C1c1ccc(OC)cc1. The maximum Gasteiger partial charge on any atom is 0.228 e. The first-order valence-corrected chi connectivity index (χ1v) is 10.9. The molecule has 160 valence electrons. The second-order valence-electron chi connectivity index (χ2n) is 7.95. The smallest absolute Gasteiger partial charge is 0.228 e. The standard InChI is InChI=1S/C23H34N2O4/c1-4-6-13-25-21(26)16-20(22(25)17-7-9-18(28-3)10-8-17)23(27)24-14-11-19(12-15-24)29-5-2/h7-10,19-20,22H,4-6,11-16H2,1-3H3. The highest BCUT2D eigenvalue weighted by atomic mass is 16.5. The lowest BCUT2D eigenvalue weighted by molar-refractivity contribution is -0.139. The van der Waals surface area contributed by atoms with Crippen molar-refractivity contribution >= 4 is 11.8 Å². The number of hydrogen-bond acceptors (Lipinski definition) is 4. The summed E-state index contributed by atoms with van der Waals surface area (Å²) in [6.45, 7) is 6.95. The molecule has 0 saturated carbocycles. The molecule has 2 amide bonds. The van der Waals surface area contributed by atoms with E-state index < -0.39 is 0 Å². The quantitative estimate of drug-likeness (QED) is 0.669. The molecule has 0 aliphatic carbocycles. The monoisotopic (exact) mass is 402 g/mol. The summed E-state index contributed by atoms with van der Waals surface area (Å²) in [5.74, 6) is 0.644. The van der Waals surface area contributed by atoms with Crippen molar-refractivity contribution in [3.8, 4) is 5.75 Å². The Morgan fingerprint density at radius 1 is 1.14 bits per heavy atom. The third kappa shape index (κ3) is 4.92. The van der Waals surface area contributed by atoms with Gasteiger partial charge in [0.15, 0.2) is 0 Å². The van der Waals surface area contributed by atoms with Gasteiger partial charge in [0, 0.05) is 32.7 Å². The number of piperidine rings is 1. The van der Waals surface area contributed by atoms with Gasteiger partial charge < -0.3 is 19.3 Å². The van der Waals surface area contributed by atoms with Crippen molar-refractivity contribution in [3.05, 3.63) is 29.8 Å². The van der Waals surface area contributed by atoms with Crippen LogP contribution in [0.4, 0.5) is 0 Å². The molecule has 2 unspecified atom stereocenters. The number of carbonyl (C=O) groups excluding carboxylic acids is 2.